The zero-order valence-electron chi connectivity index (χ0n) is 10.3. The second-order valence-corrected chi connectivity index (χ2v) is 4.36. The Balaban J connectivity index is 2.40. The molecule has 0 radical (unpaired) electrons. The maximum Gasteiger partial charge on any atom is 0.238 e. The number of rotatable bonds is 5. The van der Waals surface area contributed by atoms with Crippen LogP contribution in [0.4, 0.5) is 0 Å². The van der Waals surface area contributed by atoms with E-state index < -0.39 is 0 Å². The molecule has 90 valence electrons. The lowest BCUT2D eigenvalue weighted by Crippen LogP contribution is -2.25. The van der Waals surface area contributed by atoms with Crippen LogP contribution in [0.5, 0.6) is 0 Å². The topological polar surface area (TPSA) is 60.0 Å². The Morgan fingerprint density at radius 2 is 2.00 bits per heavy atom. The fourth-order valence-electron chi connectivity index (χ4n) is 1.61. The Kier molecular flexibility index (Phi) is 4.55. The Hall–Kier alpha value is -1.29. The molecule has 0 saturated heterocycles. The largest absolute Gasteiger partial charge is 0.328 e. The third-order valence-electron chi connectivity index (χ3n) is 2.57. The van der Waals surface area contributed by atoms with Gasteiger partial charge in [-0.3, -0.25) is 14.9 Å². The molecule has 16 heavy (non-hydrogen) atoms. The fraction of sp³-hybridized carbons (Fsp3) is 0.583. The summed E-state index contributed by atoms with van der Waals surface area (Å²) in [5, 5.41) is 0. The third kappa shape index (κ3) is 3.70. The Morgan fingerprint density at radius 1 is 1.44 bits per heavy atom. The summed E-state index contributed by atoms with van der Waals surface area (Å²) in [6, 6.07) is 4.14. The minimum Gasteiger partial charge on any atom is -0.328 e. The predicted molar refractivity (Wildman–Crippen MR) is 65.8 cm³/mol. The first kappa shape index (κ1) is 12.8. The quantitative estimate of drug-likeness (QED) is 0.798. The van der Waals surface area contributed by atoms with Crippen molar-refractivity contribution in [3.63, 3.8) is 0 Å². The average Bonchev–Trinajstić information content (AvgIpc) is 2.49. The highest BCUT2D eigenvalue weighted by Gasteiger charge is 2.06. The number of aryl methyl sites for hydroxylation is 2. The van der Waals surface area contributed by atoms with E-state index in [9.17, 15) is 4.79 Å². The lowest BCUT2D eigenvalue weighted by molar-refractivity contribution is -0.117. The van der Waals surface area contributed by atoms with Crippen molar-refractivity contribution in [2.45, 2.75) is 46.1 Å². The molecule has 1 aromatic rings. The van der Waals surface area contributed by atoms with Gasteiger partial charge in [-0.2, -0.15) is 0 Å². The van der Waals surface area contributed by atoms with Gasteiger partial charge >= 0.3 is 0 Å². The molecule has 3 N–H and O–H groups in total. The summed E-state index contributed by atoms with van der Waals surface area (Å²) in [7, 11) is 0. The lowest BCUT2D eigenvalue weighted by atomic mass is 10.1. The third-order valence-corrected chi connectivity index (χ3v) is 2.57. The smallest absolute Gasteiger partial charge is 0.238 e. The number of nitrogens with zero attached hydrogens (tertiary/aromatic N) is 1. The maximum absolute atomic E-state index is 11.6. The van der Waals surface area contributed by atoms with Gasteiger partial charge < -0.3 is 5.73 Å². The van der Waals surface area contributed by atoms with Crippen molar-refractivity contribution in [3.8, 4) is 0 Å². The monoisotopic (exact) mass is 223 g/mol. The molecule has 4 nitrogen and oxygen atoms in total. The van der Waals surface area contributed by atoms with E-state index in [4.69, 9.17) is 5.73 Å². The highest BCUT2D eigenvalue weighted by Crippen LogP contribution is 2.05. The molecule has 1 atom stereocenters. The molecule has 0 aliphatic rings. The summed E-state index contributed by atoms with van der Waals surface area (Å²) >= 11 is 0. The molecule has 1 heterocycles. The second kappa shape index (κ2) is 5.70. The minimum absolute atomic E-state index is 0.0445. The standard InChI is InChI=1S/C12H21N3O/c1-9(13)5-4-6-12(16)14-15-10(2)7-8-11(15)3/h7-9H,4-6,13H2,1-3H3,(H,14,16). The van der Waals surface area contributed by atoms with E-state index in [1.165, 1.54) is 0 Å². The summed E-state index contributed by atoms with van der Waals surface area (Å²) in [6.07, 6.45) is 2.25. The van der Waals surface area contributed by atoms with Gasteiger partial charge in [0.15, 0.2) is 0 Å². The molecule has 0 fully saturated rings. The van der Waals surface area contributed by atoms with E-state index in [0.717, 1.165) is 24.2 Å². The Labute approximate surface area is 96.8 Å². The Morgan fingerprint density at radius 3 is 2.50 bits per heavy atom. The van der Waals surface area contributed by atoms with Gasteiger partial charge in [-0.05, 0) is 45.7 Å². The predicted octanol–water partition coefficient (Wildman–Crippen LogP) is 1.69. The summed E-state index contributed by atoms with van der Waals surface area (Å²) in [5.74, 6) is 0.0445. The van der Waals surface area contributed by atoms with Gasteiger partial charge in [0.1, 0.15) is 0 Å². The summed E-state index contributed by atoms with van der Waals surface area (Å²) < 4.78 is 1.81. The summed E-state index contributed by atoms with van der Waals surface area (Å²) in [5.41, 5.74) is 10.6. The molecule has 0 spiro atoms. The van der Waals surface area contributed by atoms with Gasteiger partial charge in [0.05, 0.1) is 0 Å². The van der Waals surface area contributed by atoms with Gasteiger partial charge in [0.25, 0.3) is 0 Å². The zero-order valence-corrected chi connectivity index (χ0v) is 10.3. The van der Waals surface area contributed by atoms with E-state index in [1.54, 1.807) is 0 Å². The van der Waals surface area contributed by atoms with Crippen LogP contribution >= 0.6 is 0 Å². The Bertz CT molecular complexity index is 336. The first-order valence-corrected chi connectivity index (χ1v) is 5.71. The van der Waals surface area contributed by atoms with E-state index in [1.807, 2.05) is 37.6 Å². The van der Waals surface area contributed by atoms with Crippen LogP contribution < -0.4 is 11.2 Å². The molecule has 0 bridgehead atoms. The first-order valence-electron chi connectivity index (χ1n) is 5.71. The second-order valence-electron chi connectivity index (χ2n) is 4.36. The molecule has 1 aromatic heterocycles. The summed E-state index contributed by atoms with van der Waals surface area (Å²) in [4.78, 5) is 11.6. The molecule has 0 saturated carbocycles. The van der Waals surface area contributed by atoms with Crippen LogP contribution in [0.1, 0.15) is 37.6 Å². The van der Waals surface area contributed by atoms with Crippen molar-refractivity contribution in [1.82, 2.24) is 4.68 Å². The van der Waals surface area contributed by atoms with Crippen molar-refractivity contribution in [2.75, 3.05) is 5.43 Å². The highest BCUT2D eigenvalue weighted by molar-refractivity contribution is 5.83. The van der Waals surface area contributed by atoms with Gasteiger partial charge in [0, 0.05) is 23.9 Å². The zero-order chi connectivity index (χ0) is 12.1. The SMILES string of the molecule is Cc1ccc(C)n1NC(=O)CCCC(C)N. The lowest BCUT2D eigenvalue weighted by Gasteiger charge is -2.11. The van der Waals surface area contributed by atoms with Gasteiger partial charge in [-0.25, -0.2) is 0 Å². The minimum atomic E-state index is 0.0445. The molecule has 4 heteroatoms. The van der Waals surface area contributed by atoms with Crippen LogP contribution in [0.15, 0.2) is 12.1 Å². The number of nitrogens with two attached hydrogens (primary N) is 1. The highest BCUT2D eigenvalue weighted by atomic mass is 16.2. The van der Waals surface area contributed by atoms with Crippen LogP contribution in [0.2, 0.25) is 0 Å². The van der Waals surface area contributed by atoms with Crippen molar-refractivity contribution >= 4 is 5.91 Å². The van der Waals surface area contributed by atoms with Crippen molar-refractivity contribution in [2.24, 2.45) is 5.73 Å². The normalized spacial score (nSPS) is 12.5. The van der Waals surface area contributed by atoms with Crippen molar-refractivity contribution in [3.05, 3.63) is 23.5 Å². The van der Waals surface area contributed by atoms with E-state index >= 15 is 0 Å². The van der Waals surface area contributed by atoms with Crippen molar-refractivity contribution < 1.29 is 4.79 Å². The number of carbonyl (C=O) groups is 1. The molecule has 0 aromatic carbocycles. The van der Waals surface area contributed by atoms with Gasteiger partial charge in [0.2, 0.25) is 5.91 Å². The average molecular weight is 223 g/mol. The van der Waals surface area contributed by atoms with Gasteiger partial charge in [-0.1, -0.05) is 0 Å². The van der Waals surface area contributed by atoms with Crippen LogP contribution in [-0.4, -0.2) is 16.6 Å². The van der Waals surface area contributed by atoms with Crippen LogP contribution in [0.3, 0.4) is 0 Å². The molecule has 0 aliphatic heterocycles. The van der Waals surface area contributed by atoms with E-state index in [-0.39, 0.29) is 11.9 Å². The number of aromatic nitrogens is 1. The number of hydrogen-bond acceptors (Lipinski definition) is 2. The van der Waals surface area contributed by atoms with Gasteiger partial charge in [-0.15, -0.1) is 0 Å². The summed E-state index contributed by atoms with van der Waals surface area (Å²) in [6.45, 7) is 5.89. The molecule has 1 rings (SSSR count). The number of hydrogen-bond donors (Lipinski definition) is 2. The maximum atomic E-state index is 11.6. The number of carbonyl (C=O) groups excluding carboxylic acids is 1. The fourth-order valence-corrected chi connectivity index (χ4v) is 1.61. The number of amides is 1. The molecular weight excluding hydrogens is 202 g/mol. The van der Waals surface area contributed by atoms with E-state index in [0.29, 0.717) is 6.42 Å². The molecule has 0 aliphatic carbocycles. The number of nitrogens with one attached hydrogen (secondary N) is 1. The van der Waals surface area contributed by atoms with Crippen LogP contribution in [0, 0.1) is 13.8 Å². The molecule has 1 amide bonds. The van der Waals surface area contributed by atoms with Crippen LogP contribution in [0.25, 0.3) is 0 Å². The van der Waals surface area contributed by atoms with Crippen molar-refractivity contribution in [1.29, 1.82) is 0 Å². The first-order chi connectivity index (χ1) is 7.50. The molecule has 1 unspecified atom stereocenters. The van der Waals surface area contributed by atoms with E-state index in [2.05, 4.69) is 5.43 Å². The molecular formula is C12H21N3O. The van der Waals surface area contributed by atoms with Crippen LogP contribution in [-0.2, 0) is 4.79 Å².